The molecule has 1 N–H and O–H groups in total. The molecule has 0 unspecified atom stereocenters. The van der Waals surface area contributed by atoms with Crippen LogP contribution in [0.5, 0.6) is 0 Å². The van der Waals surface area contributed by atoms with Crippen molar-refractivity contribution in [1.82, 2.24) is 14.7 Å². The zero-order valence-corrected chi connectivity index (χ0v) is 10.5. The minimum atomic E-state index is 0.233. The molecule has 3 rings (SSSR count). The smallest absolute Gasteiger partial charge is 0.271 e. The first-order valence-corrected chi connectivity index (χ1v) is 6.76. The number of rotatable bonds is 1. The van der Waals surface area contributed by atoms with Crippen LogP contribution in [0, 0.1) is 0 Å². The van der Waals surface area contributed by atoms with Crippen LogP contribution in [0.15, 0.2) is 4.79 Å². The normalized spacial score (nSPS) is 22.6. The van der Waals surface area contributed by atoms with E-state index in [0.29, 0.717) is 6.04 Å². The van der Waals surface area contributed by atoms with Crippen molar-refractivity contribution >= 4 is 0 Å². The molecule has 1 aromatic heterocycles. The molecule has 1 aromatic rings. The van der Waals surface area contributed by atoms with Crippen LogP contribution in [0.1, 0.15) is 55.8 Å². The van der Waals surface area contributed by atoms with E-state index in [2.05, 4.69) is 17.0 Å². The first-order valence-electron chi connectivity index (χ1n) is 6.76. The molecule has 0 aromatic carbocycles. The zero-order valence-electron chi connectivity index (χ0n) is 10.5. The SMILES string of the molecule is CN1Cc2[nH]n(C3CCCCCC3)c(=O)c2C1. The second-order valence-corrected chi connectivity index (χ2v) is 5.56. The van der Waals surface area contributed by atoms with Crippen molar-refractivity contribution in [2.45, 2.75) is 57.7 Å². The van der Waals surface area contributed by atoms with Gasteiger partial charge in [-0.15, -0.1) is 0 Å². The van der Waals surface area contributed by atoms with Crippen LogP contribution in [-0.4, -0.2) is 21.7 Å². The molecule has 1 aliphatic carbocycles. The third-order valence-corrected chi connectivity index (χ3v) is 4.14. The van der Waals surface area contributed by atoms with Crippen LogP contribution >= 0.6 is 0 Å². The first-order chi connectivity index (χ1) is 8.25. The van der Waals surface area contributed by atoms with Gasteiger partial charge in [0.2, 0.25) is 0 Å². The summed E-state index contributed by atoms with van der Waals surface area (Å²) >= 11 is 0. The quantitative estimate of drug-likeness (QED) is 0.757. The Morgan fingerprint density at radius 3 is 2.47 bits per heavy atom. The summed E-state index contributed by atoms with van der Waals surface area (Å²) in [5.74, 6) is 0. The van der Waals surface area contributed by atoms with Gasteiger partial charge in [-0.1, -0.05) is 25.7 Å². The maximum atomic E-state index is 12.3. The Hall–Kier alpha value is -1.03. The second-order valence-electron chi connectivity index (χ2n) is 5.56. The molecule has 94 valence electrons. The summed E-state index contributed by atoms with van der Waals surface area (Å²) in [7, 11) is 2.06. The number of aromatic amines is 1. The van der Waals surface area contributed by atoms with Gasteiger partial charge in [0.15, 0.2) is 0 Å². The van der Waals surface area contributed by atoms with E-state index in [1.807, 2.05) is 4.68 Å². The fourth-order valence-electron chi connectivity index (χ4n) is 3.20. The van der Waals surface area contributed by atoms with Crippen molar-refractivity contribution in [2.75, 3.05) is 7.05 Å². The van der Waals surface area contributed by atoms with Crippen LogP contribution in [0.3, 0.4) is 0 Å². The van der Waals surface area contributed by atoms with E-state index in [1.54, 1.807) is 0 Å². The molecule has 0 saturated heterocycles. The monoisotopic (exact) mass is 235 g/mol. The van der Waals surface area contributed by atoms with Gasteiger partial charge in [-0.2, -0.15) is 0 Å². The Morgan fingerprint density at radius 1 is 1.12 bits per heavy atom. The number of hydrogen-bond donors (Lipinski definition) is 1. The number of hydrogen-bond acceptors (Lipinski definition) is 2. The van der Waals surface area contributed by atoms with Crippen LogP contribution in [0.25, 0.3) is 0 Å². The van der Waals surface area contributed by atoms with E-state index in [4.69, 9.17) is 0 Å². The maximum absolute atomic E-state index is 12.3. The number of nitrogens with one attached hydrogen (secondary N) is 1. The van der Waals surface area contributed by atoms with Crippen molar-refractivity contribution in [1.29, 1.82) is 0 Å². The van der Waals surface area contributed by atoms with E-state index in [1.165, 1.54) is 25.7 Å². The second kappa shape index (κ2) is 4.33. The summed E-state index contributed by atoms with van der Waals surface area (Å²) < 4.78 is 1.92. The molecule has 4 nitrogen and oxygen atoms in total. The highest BCUT2D eigenvalue weighted by Crippen LogP contribution is 2.27. The summed E-state index contributed by atoms with van der Waals surface area (Å²) in [5.41, 5.74) is 2.37. The van der Waals surface area contributed by atoms with Crippen molar-refractivity contribution in [2.24, 2.45) is 0 Å². The fourth-order valence-corrected chi connectivity index (χ4v) is 3.20. The van der Waals surface area contributed by atoms with Gasteiger partial charge in [0.05, 0.1) is 17.3 Å². The van der Waals surface area contributed by atoms with Gasteiger partial charge in [0, 0.05) is 13.1 Å². The Kier molecular flexibility index (Phi) is 2.82. The number of fused-ring (bicyclic) bond motifs is 1. The minimum Gasteiger partial charge on any atom is -0.298 e. The van der Waals surface area contributed by atoms with Gasteiger partial charge in [-0.25, -0.2) is 4.68 Å². The van der Waals surface area contributed by atoms with Gasteiger partial charge >= 0.3 is 0 Å². The highest BCUT2D eigenvalue weighted by molar-refractivity contribution is 5.21. The summed E-state index contributed by atoms with van der Waals surface area (Å²) in [6.45, 7) is 1.70. The van der Waals surface area contributed by atoms with Gasteiger partial charge in [0.1, 0.15) is 0 Å². The van der Waals surface area contributed by atoms with E-state index in [9.17, 15) is 4.79 Å². The number of H-pyrrole nitrogens is 1. The summed E-state index contributed by atoms with van der Waals surface area (Å²) in [4.78, 5) is 14.5. The summed E-state index contributed by atoms with van der Waals surface area (Å²) in [6.07, 6.45) is 7.51. The van der Waals surface area contributed by atoms with Gasteiger partial charge in [0.25, 0.3) is 5.56 Å². The standard InChI is InChI=1S/C13H21N3O/c1-15-8-11-12(9-15)14-16(13(11)17)10-6-4-2-3-5-7-10/h10,14H,2-9H2,1H3. The highest BCUT2D eigenvalue weighted by atomic mass is 16.1. The van der Waals surface area contributed by atoms with Crippen molar-refractivity contribution in [3.8, 4) is 0 Å². The van der Waals surface area contributed by atoms with Gasteiger partial charge < -0.3 is 0 Å². The average molecular weight is 235 g/mol. The molecular weight excluding hydrogens is 214 g/mol. The summed E-state index contributed by atoms with van der Waals surface area (Å²) in [6, 6.07) is 0.418. The maximum Gasteiger partial charge on any atom is 0.271 e. The summed E-state index contributed by atoms with van der Waals surface area (Å²) in [5, 5.41) is 3.35. The molecule has 0 atom stereocenters. The predicted octanol–water partition coefficient (Wildman–Crippen LogP) is 2.02. The largest absolute Gasteiger partial charge is 0.298 e. The van der Waals surface area contributed by atoms with Gasteiger partial charge in [-0.3, -0.25) is 14.8 Å². The van der Waals surface area contributed by atoms with Crippen LogP contribution in [0.2, 0.25) is 0 Å². The Labute approximate surface area is 102 Å². The average Bonchev–Trinajstić information content (AvgIpc) is 2.68. The molecule has 2 heterocycles. The lowest BCUT2D eigenvalue weighted by Gasteiger charge is -2.15. The van der Waals surface area contributed by atoms with E-state index >= 15 is 0 Å². The van der Waals surface area contributed by atoms with E-state index in [0.717, 1.165) is 37.2 Å². The first kappa shape index (κ1) is 11.1. The molecule has 1 fully saturated rings. The van der Waals surface area contributed by atoms with Crippen molar-refractivity contribution in [3.63, 3.8) is 0 Å². The van der Waals surface area contributed by atoms with Crippen molar-refractivity contribution < 1.29 is 0 Å². The highest BCUT2D eigenvalue weighted by Gasteiger charge is 2.26. The van der Waals surface area contributed by atoms with Crippen LogP contribution in [-0.2, 0) is 13.1 Å². The molecule has 1 saturated carbocycles. The molecule has 17 heavy (non-hydrogen) atoms. The Morgan fingerprint density at radius 2 is 1.82 bits per heavy atom. The fraction of sp³-hybridized carbons (Fsp3) is 0.769. The Bertz CT molecular complexity index is 452. The topological polar surface area (TPSA) is 41.0 Å². The molecule has 2 aliphatic rings. The minimum absolute atomic E-state index is 0.233. The van der Waals surface area contributed by atoms with Crippen LogP contribution < -0.4 is 5.56 Å². The third kappa shape index (κ3) is 1.95. The van der Waals surface area contributed by atoms with E-state index in [-0.39, 0.29) is 5.56 Å². The number of aromatic nitrogens is 2. The number of nitrogens with zero attached hydrogens (tertiary/aromatic N) is 2. The molecular formula is C13H21N3O. The molecule has 0 amide bonds. The molecule has 0 radical (unpaired) electrons. The van der Waals surface area contributed by atoms with Gasteiger partial charge in [-0.05, 0) is 19.9 Å². The molecule has 0 spiro atoms. The lowest BCUT2D eigenvalue weighted by Crippen LogP contribution is -2.26. The molecule has 0 bridgehead atoms. The Balaban J connectivity index is 1.89. The lowest BCUT2D eigenvalue weighted by molar-refractivity contribution is 0.332. The van der Waals surface area contributed by atoms with E-state index < -0.39 is 0 Å². The lowest BCUT2D eigenvalue weighted by atomic mass is 10.1. The third-order valence-electron chi connectivity index (χ3n) is 4.14. The molecule has 1 aliphatic heterocycles. The van der Waals surface area contributed by atoms with Crippen LogP contribution in [0.4, 0.5) is 0 Å². The predicted molar refractivity (Wildman–Crippen MR) is 67.0 cm³/mol. The molecule has 4 heteroatoms. The van der Waals surface area contributed by atoms with Crippen molar-refractivity contribution in [3.05, 3.63) is 21.6 Å². The zero-order chi connectivity index (χ0) is 11.8.